The Bertz CT molecular complexity index is 791. The molecular weight excluding hydrogens is 332 g/mol. The van der Waals surface area contributed by atoms with Gasteiger partial charge in [-0.15, -0.1) is 0 Å². The van der Waals surface area contributed by atoms with Crippen molar-refractivity contribution in [1.82, 2.24) is 10.3 Å². The molecule has 0 saturated carbocycles. The lowest BCUT2D eigenvalue weighted by atomic mass is 10.0. The van der Waals surface area contributed by atoms with Crippen molar-refractivity contribution in [2.45, 2.75) is 13.0 Å². The molecule has 8 heteroatoms. The van der Waals surface area contributed by atoms with Crippen LogP contribution in [0.1, 0.15) is 6.92 Å². The predicted octanol–water partition coefficient (Wildman–Crippen LogP) is 2.49. The Hall–Kier alpha value is -3.03. The van der Waals surface area contributed by atoms with Crippen LogP contribution in [0.2, 0.25) is 0 Å². The SMILES string of the molecule is CC(=O)NCC1CN(c2cc(F)c(-c3ccncc3)c(F)c2)C(=O)O1. The Labute approximate surface area is 142 Å². The summed E-state index contributed by atoms with van der Waals surface area (Å²) in [6, 6.07) is 5.16. The fraction of sp³-hybridized carbons (Fsp3) is 0.235. The monoisotopic (exact) mass is 347 g/mol. The van der Waals surface area contributed by atoms with Gasteiger partial charge in [0.2, 0.25) is 5.91 Å². The van der Waals surface area contributed by atoms with Crippen molar-refractivity contribution in [2.75, 3.05) is 18.0 Å². The minimum atomic E-state index is -0.792. The van der Waals surface area contributed by atoms with Gasteiger partial charge < -0.3 is 10.1 Å². The number of halogens is 2. The van der Waals surface area contributed by atoms with E-state index in [1.54, 1.807) is 0 Å². The molecule has 1 aromatic heterocycles. The van der Waals surface area contributed by atoms with Crippen molar-refractivity contribution >= 4 is 17.7 Å². The van der Waals surface area contributed by atoms with Gasteiger partial charge in [0.05, 0.1) is 24.3 Å². The second-order valence-electron chi connectivity index (χ2n) is 5.57. The first kappa shape index (κ1) is 16.8. The van der Waals surface area contributed by atoms with Crippen LogP contribution in [0.25, 0.3) is 11.1 Å². The molecule has 1 fully saturated rings. The van der Waals surface area contributed by atoms with Gasteiger partial charge in [-0.25, -0.2) is 13.6 Å². The summed E-state index contributed by atoms with van der Waals surface area (Å²) < 4.78 is 34.0. The van der Waals surface area contributed by atoms with Crippen LogP contribution in [0.4, 0.5) is 19.3 Å². The molecule has 1 saturated heterocycles. The third-order valence-corrected chi connectivity index (χ3v) is 3.76. The number of cyclic esters (lactones) is 1. The summed E-state index contributed by atoms with van der Waals surface area (Å²) in [7, 11) is 0. The third-order valence-electron chi connectivity index (χ3n) is 3.76. The van der Waals surface area contributed by atoms with Crippen LogP contribution >= 0.6 is 0 Å². The van der Waals surface area contributed by atoms with Crippen molar-refractivity contribution in [3.8, 4) is 11.1 Å². The zero-order valence-electron chi connectivity index (χ0n) is 13.3. The maximum absolute atomic E-state index is 14.4. The Morgan fingerprint density at radius 3 is 2.56 bits per heavy atom. The summed E-state index contributed by atoms with van der Waals surface area (Å²) >= 11 is 0. The maximum atomic E-state index is 14.4. The molecule has 1 N–H and O–H groups in total. The molecule has 3 rings (SSSR count). The van der Waals surface area contributed by atoms with Crippen LogP contribution in [0, 0.1) is 11.6 Å². The molecule has 1 aliphatic heterocycles. The van der Waals surface area contributed by atoms with Crippen molar-refractivity contribution in [1.29, 1.82) is 0 Å². The number of ether oxygens (including phenoxy) is 1. The first-order valence-corrected chi connectivity index (χ1v) is 7.57. The van der Waals surface area contributed by atoms with E-state index in [0.717, 1.165) is 17.0 Å². The summed E-state index contributed by atoms with van der Waals surface area (Å²) in [6.45, 7) is 1.57. The van der Waals surface area contributed by atoms with Gasteiger partial charge in [-0.3, -0.25) is 14.7 Å². The largest absolute Gasteiger partial charge is 0.442 e. The van der Waals surface area contributed by atoms with Gasteiger partial charge in [0.1, 0.15) is 17.7 Å². The molecule has 0 bridgehead atoms. The summed E-state index contributed by atoms with van der Waals surface area (Å²) in [5, 5.41) is 2.54. The number of hydrogen-bond donors (Lipinski definition) is 1. The van der Waals surface area contributed by atoms with Gasteiger partial charge in [-0.2, -0.15) is 0 Å². The van der Waals surface area contributed by atoms with Crippen molar-refractivity contribution in [2.24, 2.45) is 0 Å². The lowest BCUT2D eigenvalue weighted by Crippen LogP contribution is -2.33. The van der Waals surface area contributed by atoms with Crippen LogP contribution in [0.15, 0.2) is 36.7 Å². The number of pyridine rings is 1. The number of nitrogens with zero attached hydrogens (tertiary/aromatic N) is 2. The molecule has 0 spiro atoms. The topological polar surface area (TPSA) is 71.5 Å². The molecule has 1 aliphatic rings. The Kier molecular flexibility index (Phi) is 4.60. The van der Waals surface area contributed by atoms with Gasteiger partial charge >= 0.3 is 6.09 Å². The van der Waals surface area contributed by atoms with E-state index in [2.05, 4.69) is 10.3 Å². The van der Waals surface area contributed by atoms with Crippen molar-refractivity contribution < 1.29 is 23.1 Å². The average Bonchev–Trinajstić information content (AvgIpc) is 2.94. The lowest BCUT2D eigenvalue weighted by molar-refractivity contribution is -0.119. The minimum Gasteiger partial charge on any atom is -0.442 e. The molecule has 130 valence electrons. The normalized spacial score (nSPS) is 16.7. The van der Waals surface area contributed by atoms with E-state index in [4.69, 9.17) is 4.74 Å². The highest BCUT2D eigenvalue weighted by Gasteiger charge is 2.33. The van der Waals surface area contributed by atoms with Gasteiger partial charge in [0.15, 0.2) is 0 Å². The third kappa shape index (κ3) is 3.57. The summed E-state index contributed by atoms with van der Waals surface area (Å²) in [5.74, 6) is -1.84. The van der Waals surface area contributed by atoms with E-state index in [1.807, 2.05) is 0 Å². The van der Waals surface area contributed by atoms with Gasteiger partial charge in [0.25, 0.3) is 0 Å². The van der Waals surface area contributed by atoms with E-state index in [9.17, 15) is 18.4 Å². The highest BCUT2D eigenvalue weighted by atomic mass is 19.1. The second kappa shape index (κ2) is 6.84. The molecule has 1 aromatic carbocycles. The quantitative estimate of drug-likeness (QED) is 0.922. The van der Waals surface area contributed by atoms with E-state index in [0.29, 0.717) is 5.56 Å². The number of nitrogens with one attached hydrogen (secondary N) is 1. The van der Waals surface area contributed by atoms with E-state index in [-0.39, 0.29) is 30.2 Å². The fourth-order valence-electron chi connectivity index (χ4n) is 2.61. The highest BCUT2D eigenvalue weighted by molar-refractivity contribution is 5.90. The second-order valence-corrected chi connectivity index (χ2v) is 5.57. The lowest BCUT2D eigenvalue weighted by Gasteiger charge is -2.15. The summed E-state index contributed by atoms with van der Waals surface area (Å²) in [5.41, 5.74) is 0.223. The Morgan fingerprint density at radius 1 is 1.32 bits per heavy atom. The van der Waals surface area contributed by atoms with Gasteiger partial charge in [-0.1, -0.05) is 0 Å². The molecular formula is C17H15F2N3O3. The zero-order valence-corrected chi connectivity index (χ0v) is 13.3. The van der Waals surface area contributed by atoms with E-state index < -0.39 is 23.8 Å². The number of benzene rings is 1. The van der Waals surface area contributed by atoms with Gasteiger partial charge in [-0.05, 0) is 29.8 Å². The molecule has 6 nitrogen and oxygen atoms in total. The molecule has 2 heterocycles. The highest BCUT2D eigenvalue weighted by Crippen LogP contribution is 2.31. The van der Waals surface area contributed by atoms with Crippen molar-refractivity contribution in [3.05, 3.63) is 48.3 Å². The van der Waals surface area contributed by atoms with Crippen molar-refractivity contribution in [3.63, 3.8) is 0 Å². The number of carbonyl (C=O) groups excluding carboxylic acids is 2. The number of hydrogen-bond acceptors (Lipinski definition) is 4. The first-order chi connectivity index (χ1) is 12.0. The maximum Gasteiger partial charge on any atom is 0.414 e. The smallest absolute Gasteiger partial charge is 0.414 e. The van der Waals surface area contributed by atoms with Gasteiger partial charge in [0, 0.05) is 19.3 Å². The zero-order chi connectivity index (χ0) is 18.0. The van der Waals surface area contributed by atoms with E-state index in [1.165, 1.54) is 31.5 Å². The molecule has 0 aliphatic carbocycles. The number of amides is 2. The molecule has 2 amide bonds. The number of rotatable bonds is 4. The van der Waals surface area contributed by atoms with Crippen LogP contribution < -0.4 is 10.2 Å². The standard InChI is InChI=1S/C17H15F2N3O3/c1-10(23)21-8-13-9-22(17(24)25-13)12-6-14(18)16(15(19)7-12)11-2-4-20-5-3-11/h2-7,13H,8-9H2,1H3,(H,21,23). The summed E-state index contributed by atoms with van der Waals surface area (Å²) in [6.07, 6.45) is 1.58. The number of anilines is 1. The number of aromatic nitrogens is 1. The molecule has 1 unspecified atom stereocenters. The van der Waals surface area contributed by atoms with Crippen LogP contribution in [0.3, 0.4) is 0 Å². The van der Waals surface area contributed by atoms with Crippen LogP contribution in [-0.2, 0) is 9.53 Å². The predicted molar refractivity (Wildman–Crippen MR) is 85.9 cm³/mol. The van der Waals surface area contributed by atoms with Crippen LogP contribution in [-0.4, -0.2) is 36.2 Å². The molecule has 25 heavy (non-hydrogen) atoms. The fourth-order valence-corrected chi connectivity index (χ4v) is 2.61. The number of carbonyl (C=O) groups is 2. The Balaban J connectivity index is 1.84. The summed E-state index contributed by atoms with van der Waals surface area (Å²) in [4.78, 5) is 27.8. The molecule has 0 radical (unpaired) electrons. The Morgan fingerprint density at radius 2 is 1.96 bits per heavy atom. The van der Waals surface area contributed by atoms with Crippen LogP contribution in [0.5, 0.6) is 0 Å². The molecule has 1 atom stereocenters. The molecule has 2 aromatic rings. The average molecular weight is 347 g/mol. The first-order valence-electron chi connectivity index (χ1n) is 7.57. The minimum absolute atomic E-state index is 0.0585. The van der Waals surface area contributed by atoms with E-state index >= 15 is 0 Å².